The minimum absolute atomic E-state index is 0.0249. The van der Waals surface area contributed by atoms with E-state index in [1.54, 1.807) is 12.1 Å². The minimum atomic E-state index is -4.11. The van der Waals surface area contributed by atoms with Gasteiger partial charge in [0.15, 0.2) is 0 Å². The molecule has 1 rings (SSSR count). The summed E-state index contributed by atoms with van der Waals surface area (Å²) in [6.07, 6.45) is 0. The van der Waals surface area contributed by atoms with E-state index in [-0.39, 0.29) is 11.3 Å². The van der Waals surface area contributed by atoms with Crippen molar-refractivity contribution >= 4 is 12.9 Å². The number of nitrogens with two attached hydrogens (primary N) is 1. The molecule has 0 aromatic heterocycles. The third-order valence-electron chi connectivity index (χ3n) is 1.76. The highest BCUT2D eigenvalue weighted by atomic mass is 31.2. The molecule has 5 heteroatoms. The summed E-state index contributed by atoms with van der Waals surface area (Å²) in [7, 11) is -4.11. The van der Waals surface area contributed by atoms with E-state index in [9.17, 15) is 4.57 Å². The van der Waals surface area contributed by atoms with Crippen LogP contribution in [0, 0.1) is 0 Å². The summed E-state index contributed by atoms with van der Waals surface area (Å²) >= 11 is 0. The maximum absolute atomic E-state index is 10.8. The zero-order chi connectivity index (χ0) is 10.1. The quantitative estimate of drug-likeness (QED) is 0.609. The molecule has 0 saturated carbocycles. The Labute approximate surface area is 76.6 Å². The third-order valence-corrected chi connectivity index (χ3v) is 2.73. The predicted molar refractivity (Wildman–Crippen MR) is 50.7 cm³/mol. The van der Waals surface area contributed by atoms with Gasteiger partial charge in [-0.25, -0.2) is 0 Å². The van der Waals surface area contributed by atoms with E-state index in [1.165, 1.54) is 12.1 Å². The molecular weight excluding hydrogens is 189 g/mol. The fraction of sp³-hybridized carbons (Fsp3) is 0.250. The summed E-state index contributed by atoms with van der Waals surface area (Å²) in [6.45, 7) is 1.81. The highest BCUT2D eigenvalue weighted by molar-refractivity contribution is 7.60. The van der Waals surface area contributed by atoms with Crippen LogP contribution in [0.2, 0.25) is 0 Å². The van der Waals surface area contributed by atoms with Crippen molar-refractivity contribution in [2.24, 2.45) is 5.73 Å². The third kappa shape index (κ3) is 2.64. The van der Waals surface area contributed by atoms with Crippen molar-refractivity contribution in [1.82, 2.24) is 0 Å². The van der Waals surface area contributed by atoms with Gasteiger partial charge in [0.25, 0.3) is 0 Å². The van der Waals surface area contributed by atoms with Crippen LogP contribution < -0.4 is 11.0 Å². The second-order valence-corrected chi connectivity index (χ2v) is 4.53. The van der Waals surface area contributed by atoms with Gasteiger partial charge in [0, 0.05) is 6.04 Å². The molecule has 0 aliphatic rings. The maximum Gasteiger partial charge on any atom is 0.356 e. The van der Waals surface area contributed by atoms with Crippen molar-refractivity contribution in [2.75, 3.05) is 0 Å². The fourth-order valence-corrected chi connectivity index (χ4v) is 1.51. The first kappa shape index (κ1) is 10.4. The van der Waals surface area contributed by atoms with E-state index in [0.29, 0.717) is 0 Å². The van der Waals surface area contributed by atoms with Gasteiger partial charge in [-0.2, -0.15) is 0 Å². The Hall–Kier alpha value is -0.670. The van der Waals surface area contributed by atoms with Crippen LogP contribution in [0.25, 0.3) is 0 Å². The van der Waals surface area contributed by atoms with Gasteiger partial charge in [-0.1, -0.05) is 12.1 Å². The first-order chi connectivity index (χ1) is 5.91. The number of hydrogen-bond acceptors (Lipinski definition) is 2. The van der Waals surface area contributed by atoms with Gasteiger partial charge >= 0.3 is 7.60 Å². The summed E-state index contributed by atoms with van der Waals surface area (Å²) in [4.78, 5) is 17.6. The molecule has 0 saturated heterocycles. The van der Waals surface area contributed by atoms with E-state index in [4.69, 9.17) is 15.5 Å². The number of hydrogen-bond donors (Lipinski definition) is 3. The summed E-state index contributed by atoms with van der Waals surface area (Å²) in [5.41, 5.74) is 6.44. The molecule has 0 fully saturated rings. The molecule has 0 unspecified atom stereocenters. The van der Waals surface area contributed by atoms with Gasteiger partial charge in [-0.3, -0.25) is 4.57 Å². The Kier molecular flexibility index (Phi) is 2.88. The van der Waals surface area contributed by atoms with Crippen LogP contribution in [-0.2, 0) is 4.57 Å². The standard InChI is InChI=1S/C8H12NO3P/c1-6(9)7-2-4-8(5-3-7)13(10,11)12/h2-6H,9H2,1H3,(H2,10,11,12)/t6-/m1/s1. The van der Waals surface area contributed by atoms with Crippen molar-refractivity contribution in [2.45, 2.75) is 13.0 Å². The van der Waals surface area contributed by atoms with Gasteiger partial charge in [-0.05, 0) is 24.6 Å². The topological polar surface area (TPSA) is 83.6 Å². The van der Waals surface area contributed by atoms with Crippen molar-refractivity contribution in [3.63, 3.8) is 0 Å². The zero-order valence-electron chi connectivity index (χ0n) is 7.21. The molecule has 0 heterocycles. The van der Waals surface area contributed by atoms with Crippen molar-refractivity contribution < 1.29 is 14.4 Å². The Morgan fingerprint density at radius 2 is 1.77 bits per heavy atom. The summed E-state index contributed by atoms with van der Waals surface area (Å²) in [6, 6.07) is 5.93. The molecule has 0 amide bonds. The Morgan fingerprint density at radius 1 is 1.31 bits per heavy atom. The van der Waals surface area contributed by atoms with E-state index in [1.807, 2.05) is 6.92 Å². The Morgan fingerprint density at radius 3 is 2.08 bits per heavy atom. The Balaban J connectivity index is 3.01. The normalized spacial score (nSPS) is 14.2. The van der Waals surface area contributed by atoms with Crippen LogP contribution in [-0.4, -0.2) is 9.79 Å². The van der Waals surface area contributed by atoms with Gasteiger partial charge in [0.05, 0.1) is 5.30 Å². The monoisotopic (exact) mass is 201 g/mol. The zero-order valence-corrected chi connectivity index (χ0v) is 8.11. The first-order valence-corrected chi connectivity index (χ1v) is 5.44. The second-order valence-electron chi connectivity index (χ2n) is 2.92. The van der Waals surface area contributed by atoms with E-state index in [0.717, 1.165) is 5.56 Å². The van der Waals surface area contributed by atoms with Crippen LogP contribution >= 0.6 is 7.60 Å². The molecule has 1 aromatic carbocycles. The molecule has 0 bridgehead atoms. The summed E-state index contributed by atoms with van der Waals surface area (Å²) in [5, 5.41) is 0.0249. The van der Waals surface area contributed by atoms with Crippen LogP contribution in [0.3, 0.4) is 0 Å². The van der Waals surface area contributed by atoms with Gasteiger partial charge < -0.3 is 15.5 Å². The molecule has 1 aromatic rings. The van der Waals surface area contributed by atoms with Crippen molar-refractivity contribution in [3.8, 4) is 0 Å². The van der Waals surface area contributed by atoms with Crippen LogP contribution in [0.1, 0.15) is 18.5 Å². The van der Waals surface area contributed by atoms with Gasteiger partial charge in [-0.15, -0.1) is 0 Å². The molecule has 0 spiro atoms. The van der Waals surface area contributed by atoms with Gasteiger partial charge in [0.2, 0.25) is 0 Å². The van der Waals surface area contributed by atoms with E-state index >= 15 is 0 Å². The summed E-state index contributed by atoms with van der Waals surface area (Å²) in [5.74, 6) is 0. The largest absolute Gasteiger partial charge is 0.356 e. The van der Waals surface area contributed by atoms with E-state index in [2.05, 4.69) is 0 Å². The minimum Gasteiger partial charge on any atom is -0.324 e. The molecule has 13 heavy (non-hydrogen) atoms. The Bertz CT molecular complexity index is 328. The van der Waals surface area contributed by atoms with Gasteiger partial charge in [0.1, 0.15) is 0 Å². The maximum atomic E-state index is 10.8. The SMILES string of the molecule is C[C@@H](N)c1ccc(P(=O)(O)O)cc1. The molecule has 0 aliphatic carbocycles. The van der Waals surface area contributed by atoms with E-state index < -0.39 is 7.60 Å². The predicted octanol–water partition coefficient (Wildman–Crippen LogP) is 0.509. The molecule has 0 aliphatic heterocycles. The number of rotatable bonds is 2. The fourth-order valence-electron chi connectivity index (χ4n) is 0.972. The van der Waals surface area contributed by atoms with Crippen LogP contribution in [0.15, 0.2) is 24.3 Å². The summed E-state index contributed by atoms with van der Waals surface area (Å²) < 4.78 is 10.8. The second kappa shape index (κ2) is 3.60. The molecule has 4 N–H and O–H groups in total. The lowest BCUT2D eigenvalue weighted by Gasteiger charge is -2.07. The van der Waals surface area contributed by atoms with Crippen LogP contribution in [0.5, 0.6) is 0 Å². The molecule has 0 radical (unpaired) electrons. The lowest BCUT2D eigenvalue weighted by atomic mass is 10.1. The van der Waals surface area contributed by atoms with Crippen molar-refractivity contribution in [3.05, 3.63) is 29.8 Å². The average molecular weight is 201 g/mol. The molecular formula is C8H12NO3P. The molecule has 72 valence electrons. The number of benzene rings is 1. The first-order valence-electron chi connectivity index (χ1n) is 3.83. The smallest absolute Gasteiger partial charge is 0.324 e. The molecule has 1 atom stereocenters. The highest BCUT2D eigenvalue weighted by Gasteiger charge is 2.16. The van der Waals surface area contributed by atoms with Crippen molar-refractivity contribution in [1.29, 1.82) is 0 Å². The molecule has 4 nitrogen and oxygen atoms in total. The average Bonchev–Trinajstić information content (AvgIpc) is 2.03. The van der Waals surface area contributed by atoms with Crippen LogP contribution in [0.4, 0.5) is 0 Å². The lowest BCUT2D eigenvalue weighted by molar-refractivity contribution is 0.387. The lowest BCUT2D eigenvalue weighted by Crippen LogP contribution is -2.08. The highest BCUT2D eigenvalue weighted by Crippen LogP contribution is 2.32.